The molecular formula is C11H17N3O. The normalized spacial score (nSPS) is 9.87. The number of rotatable bonds is 7. The van der Waals surface area contributed by atoms with Crippen molar-refractivity contribution in [3.63, 3.8) is 0 Å². The van der Waals surface area contributed by atoms with E-state index in [0.29, 0.717) is 12.3 Å². The minimum atomic E-state index is 0.657. The SMILES string of the molecule is C=CCCOCCNc1cc(N)ccn1. The molecule has 1 heterocycles. The van der Waals surface area contributed by atoms with Crippen LogP contribution in [-0.4, -0.2) is 24.7 Å². The molecule has 1 aromatic heterocycles. The Morgan fingerprint density at radius 3 is 3.13 bits per heavy atom. The summed E-state index contributed by atoms with van der Waals surface area (Å²) < 4.78 is 5.33. The van der Waals surface area contributed by atoms with E-state index in [1.165, 1.54) is 0 Å². The van der Waals surface area contributed by atoms with Crippen molar-refractivity contribution >= 4 is 11.5 Å². The molecule has 0 saturated carbocycles. The van der Waals surface area contributed by atoms with Crippen molar-refractivity contribution < 1.29 is 4.74 Å². The van der Waals surface area contributed by atoms with Gasteiger partial charge >= 0.3 is 0 Å². The average Bonchev–Trinajstić information content (AvgIpc) is 2.23. The molecule has 0 spiro atoms. The molecule has 0 aliphatic carbocycles. The van der Waals surface area contributed by atoms with Gasteiger partial charge in [-0.3, -0.25) is 0 Å². The lowest BCUT2D eigenvalue weighted by Crippen LogP contribution is -2.10. The van der Waals surface area contributed by atoms with Crippen LogP contribution < -0.4 is 11.1 Å². The Morgan fingerprint density at radius 1 is 1.53 bits per heavy atom. The quantitative estimate of drug-likeness (QED) is 0.527. The van der Waals surface area contributed by atoms with E-state index in [-0.39, 0.29) is 0 Å². The number of ether oxygens (including phenoxy) is 1. The number of hydrogen-bond acceptors (Lipinski definition) is 4. The predicted molar refractivity (Wildman–Crippen MR) is 62.8 cm³/mol. The van der Waals surface area contributed by atoms with Crippen molar-refractivity contribution in [1.82, 2.24) is 4.98 Å². The van der Waals surface area contributed by atoms with Crippen LogP contribution >= 0.6 is 0 Å². The molecule has 4 heteroatoms. The number of aromatic nitrogens is 1. The lowest BCUT2D eigenvalue weighted by Gasteiger charge is -2.06. The molecule has 0 unspecified atom stereocenters. The fourth-order valence-corrected chi connectivity index (χ4v) is 1.06. The molecule has 0 atom stereocenters. The second-order valence-electron chi connectivity index (χ2n) is 3.09. The number of pyridine rings is 1. The molecule has 3 N–H and O–H groups in total. The van der Waals surface area contributed by atoms with Gasteiger partial charge in [-0.1, -0.05) is 6.08 Å². The Bertz CT molecular complexity index is 302. The highest BCUT2D eigenvalue weighted by molar-refractivity contribution is 5.48. The van der Waals surface area contributed by atoms with Crippen molar-refractivity contribution in [2.24, 2.45) is 0 Å². The maximum Gasteiger partial charge on any atom is 0.128 e. The summed E-state index contributed by atoms with van der Waals surface area (Å²) in [7, 11) is 0. The van der Waals surface area contributed by atoms with Gasteiger partial charge < -0.3 is 15.8 Å². The van der Waals surface area contributed by atoms with E-state index >= 15 is 0 Å². The zero-order valence-electron chi connectivity index (χ0n) is 8.78. The Hall–Kier alpha value is -1.55. The fraction of sp³-hybridized carbons (Fsp3) is 0.364. The first-order chi connectivity index (χ1) is 7.33. The molecule has 0 aromatic carbocycles. The number of hydrogen-bond donors (Lipinski definition) is 2. The second-order valence-corrected chi connectivity index (χ2v) is 3.09. The highest BCUT2D eigenvalue weighted by atomic mass is 16.5. The lowest BCUT2D eigenvalue weighted by molar-refractivity contribution is 0.149. The minimum absolute atomic E-state index is 0.657. The van der Waals surface area contributed by atoms with E-state index in [0.717, 1.165) is 25.4 Å². The van der Waals surface area contributed by atoms with Crippen molar-refractivity contribution in [2.75, 3.05) is 30.8 Å². The standard InChI is InChI=1S/C11H17N3O/c1-2-3-7-15-8-6-14-11-9-10(12)4-5-13-11/h2,4-5,9H,1,3,6-8H2,(H3,12,13,14). The van der Waals surface area contributed by atoms with Gasteiger partial charge in [-0.25, -0.2) is 4.98 Å². The molecule has 0 aliphatic heterocycles. The summed E-state index contributed by atoms with van der Waals surface area (Å²) in [5.74, 6) is 0.780. The summed E-state index contributed by atoms with van der Waals surface area (Å²) in [5.41, 5.74) is 6.31. The van der Waals surface area contributed by atoms with Gasteiger partial charge in [0.2, 0.25) is 0 Å². The number of nitrogens with zero attached hydrogens (tertiary/aromatic N) is 1. The summed E-state index contributed by atoms with van der Waals surface area (Å²) in [6.45, 7) is 5.72. The molecule has 0 fully saturated rings. The van der Waals surface area contributed by atoms with Gasteiger partial charge in [0, 0.05) is 24.5 Å². The summed E-state index contributed by atoms with van der Waals surface area (Å²) >= 11 is 0. The monoisotopic (exact) mass is 207 g/mol. The maximum atomic E-state index is 5.61. The number of nitrogens with one attached hydrogen (secondary N) is 1. The van der Waals surface area contributed by atoms with Crippen molar-refractivity contribution in [3.8, 4) is 0 Å². The van der Waals surface area contributed by atoms with E-state index in [1.807, 2.05) is 6.08 Å². The van der Waals surface area contributed by atoms with E-state index < -0.39 is 0 Å². The second kappa shape index (κ2) is 6.84. The average molecular weight is 207 g/mol. The summed E-state index contributed by atoms with van der Waals surface area (Å²) in [5, 5.41) is 3.12. The van der Waals surface area contributed by atoms with Gasteiger partial charge in [-0.15, -0.1) is 6.58 Å². The number of anilines is 2. The first kappa shape index (κ1) is 11.5. The van der Waals surface area contributed by atoms with Crippen molar-refractivity contribution in [1.29, 1.82) is 0 Å². The molecule has 15 heavy (non-hydrogen) atoms. The van der Waals surface area contributed by atoms with Crippen LogP contribution in [0, 0.1) is 0 Å². The van der Waals surface area contributed by atoms with Crippen LogP contribution in [-0.2, 0) is 4.74 Å². The molecule has 82 valence electrons. The predicted octanol–water partition coefficient (Wildman–Crippen LogP) is 1.67. The first-order valence-electron chi connectivity index (χ1n) is 4.97. The highest BCUT2D eigenvalue weighted by Gasteiger charge is 1.93. The molecule has 0 bridgehead atoms. The van der Waals surface area contributed by atoms with Crippen LogP contribution in [0.1, 0.15) is 6.42 Å². The zero-order valence-corrected chi connectivity index (χ0v) is 8.78. The fourth-order valence-electron chi connectivity index (χ4n) is 1.06. The molecule has 0 saturated heterocycles. The van der Waals surface area contributed by atoms with Gasteiger partial charge in [-0.05, 0) is 12.5 Å². The van der Waals surface area contributed by atoms with Gasteiger partial charge in [0.15, 0.2) is 0 Å². The van der Waals surface area contributed by atoms with Gasteiger partial charge in [0.1, 0.15) is 5.82 Å². The topological polar surface area (TPSA) is 60.2 Å². The molecule has 0 radical (unpaired) electrons. The summed E-state index contributed by atoms with van der Waals surface area (Å²) in [6, 6.07) is 3.55. The first-order valence-corrected chi connectivity index (χ1v) is 4.97. The number of nitrogen functional groups attached to an aromatic ring is 1. The Kier molecular flexibility index (Phi) is 5.25. The van der Waals surface area contributed by atoms with E-state index in [2.05, 4.69) is 16.9 Å². The maximum absolute atomic E-state index is 5.61. The Balaban J connectivity index is 2.12. The van der Waals surface area contributed by atoms with Crippen molar-refractivity contribution in [3.05, 3.63) is 31.0 Å². The van der Waals surface area contributed by atoms with Crippen LogP contribution in [0.5, 0.6) is 0 Å². The van der Waals surface area contributed by atoms with Crippen molar-refractivity contribution in [2.45, 2.75) is 6.42 Å². The third-order valence-electron chi connectivity index (χ3n) is 1.80. The highest BCUT2D eigenvalue weighted by Crippen LogP contribution is 2.06. The smallest absolute Gasteiger partial charge is 0.128 e. The van der Waals surface area contributed by atoms with E-state index in [4.69, 9.17) is 10.5 Å². The zero-order chi connectivity index (χ0) is 10.9. The molecule has 1 rings (SSSR count). The molecule has 4 nitrogen and oxygen atoms in total. The van der Waals surface area contributed by atoms with Crippen LogP contribution in [0.3, 0.4) is 0 Å². The van der Waals surface area contributed by atoms with Gasteiger partial charge in [-0.2, -0.15) is 0 Å². The Morgan fingerprint density at radius 2 is 2.40 bits per heavy atom. The third-order valence-corrected chi connectivity index (χ3v) is 1.80. The van der Waals surface area contributed by atoms with Crippen LogP contribution in [0.4, 0.5) is 11.5 Å². The molecule has 1 aromatic rings. The van der Waals surface area contributed by atoms with Crippen LogP contribution in [0.2, 0.25) is 0 Å². The molecule has 0 amide bonds. The summed E-state index contributed by atoms with van der Waals surface area (Å²) in [6.07, 6.45) is 4.40. The van der Waals surface area contributed by atoms with E-state index in [1.54, 1.807) is 18.3 Å². The largest absolute Gasteiger partial charge is 0.399 e. The van der Waals surface area contributed by atoms with E-state index in [9.17, 15) is 0 Å². The molecular weight excluding hydrogens is 190 g/mol. The molecule has 0 aliphatic rings. The lowest BCUT2D eigenvalue weighted by atomic mass is 10.4. The minimum Gasteiger partial charge on any atom is -0.399 e. The van der Waals surface area contributed by atoms with Crippen LogP contribution in [0.15, 0.2) is 31.0 Å². The Labute approximate surface area is 90.2 Å². The third kappa shape index (κ3) is 5.02. The van der Waals surface area contributed by atoms with Gasteiger partial charge in [0.25, 0.3) is 0 Å². The number of nitrogens with two attached hydrogens (primary N) is 1. The van der Waals surface area contributed by atoms with Crippen LogP contribution in [0.25, 0.3) is 0 Å². The summed E-state index contributed by atoms with van der Waals surface area (Å²) in [4.78, 5) is 4.11. The van der Waals surface area contributed by atoms with Gasteiger partial charge in [0.05, 0.1) is 13.2 Å².